The molecule has 2 aliphatic heterocycles. The normalized spacial score (nSPS) is 24.7. The van der Waals surface area contributed by atoms with Crippen LogP contribution < -0.4 is 10.6 Å². The van der Waals surface area contributed by atoms with E-state index in [1.165, 1.54) is 11.1 Å². The number of amides is 1. The molecule has 29 heavy (non-hydrogen) atoms. The molecule has 3 rings (SSSR count). The Morgan fingerprint density at radius 2 is 2.03 bits per heavy atom. The van der Waals surface area contributed by atoms with Gasteiger partial charge in [-0.15, -0.1) is 24.0 Å². The molecule has 2 fully saturated rings. The molecule has 1 aromatic rings. The highest BCUT2D eigenvalue weighted by Gasteiger charge is 2.29. The van der Waals surface area contributed by atoms with Gasteiger partial charge in [0.05, 0.1) is 6.10 Å². The average molecular weight is 514 g/mol. The minimum Gasteiger partial charge on any atom is -0.373 e. The number of likely N-dealkylation sites (tertiary alicyclic amines) is 1. The lowest BCUT2D eigenvalue weighted by atomic mass is 9.89. The Morgan fingerprint density at radius 3 is 2.72 bits per heavy atom. The Bertz CT molecular complexity index is 680. The Labute approximate surface area is 191 Å². The number of aryl methyl sites for hydroxylation is 1. The second-order valence-electron chi connectivity index (χ2n) is 7.88. The number of hydrogen-bond acceptors (Lipinski definition) is 3. The Hall–Kier alpha value is -1.35. The maximum absolute atomic E-state index is 11.9. The van der Waals surface area contributed by atoms with Crippen LogP contribution in [0, 0.1) is 12.8 Å². The number of hydrogen-bond donors (Lipinski definition) is 2. The average Bonchev–Trinajstić information content (AvgIpc) is 3.20. The summed E-state index contributed by atoms with van der Waals surface area (Å²) in [4.78, 5) is 18.2. The van der Waals surface area contributed by atoms with Crippen molar-refractivity contribution in [3.63, 3.8) is 0 Å². The van der Waals surface area contributed by atoms with Gasteiger partial charge in [-0.2, -0.15) is 0 Å². The molecule has 0 aromatic heterocycles. The van der Waals surface area contributed by atoms with Crippen molar-refractivity contribution < 1.29 is 9.53 Å². The predicted octanol–water partition coefficient (Wildman–Crippen LogP) is 3.26. The lowest BCUT2D eigenvalue weighted by molar-refractivity contribution is -0.129. The van der Waals surface area contributed by atoms with Gasteiger partial charge in [-0.1, -0.05) is 36.8 Å². The summed E-state index contributed by atoms with van der Waals surface area (Å²) in [5.41, 5.74) is 2.52. The van der Waals surface area contributed by atoms with Gasteiger partial charge in [-0.3, -0.25) is 9.79 Å². The highest BCUT2D eigenvalue weighted by molar-refractivity contribution is 14.0. The van der Waals surface area contributed by atoms with Crippen molar-refractivity contribution in [3.05, 3.63) is 35.4 Å². The SMILES string of the molecule is CCC(=O)N1CCC(NC(=NC)NCC2CCCOC2c2ccc(C)cc2)C1.I. The third kappa shape index (κ3) is 6.57. The molecule has 0 radical (unpaired) electrons. The Morgan fingerprint density at radius 1 is 1.28 bits per heavy atom. The Balaban J connectivity index is 0.00000300. The van der Waals surface area contributed by atoms with Crippen molar-refractivity contribution in [2.45, 2.75) is 51.7 Å². The number of rotatable bonds is 5. The van der Waals surface area contributed by atoms with E-state index in [4.69, 9.17) is 4.74 Å². The van der Waals surface area contributed by atoms with E-state index in [0.29, 0.717) is 12.3 Å². The molecule has 3 unspecified atom stereocenters. The van der Waals surface area contributed by atoms with Crippen LogP contribution in [0.3, 0.4) is 0 Å². The molecule has 2 saturated heterocycles. The molecule has 6 nitrogen and oxygen atoms in total. The summed E-state index contributed by atoms with van der Waals surface area (Å²) in [6, 6.07) is 8.94. The quantitative estimate of drug-likeness (QED) is 0.360. The highest BCUT2D eigenvalue weighted by atomic mass is 127. The van der Waals surface area contributed by atoms with E-state index in [1.54, 1.807) is 7.05 Å². The largest absolute Gasteiger partial charge is 0.373 e. The van der Waals surface area contributed by atoms with Crippen LogP contribution in [0.5, 0.6) is 0 Å². The van der Waals surface area contributed by atoms with E-state index in [0.717, 1.165) is 51.5 Å². The number of aliphatic imine (C=N–C) groups is 1. The van der Waals surface area contributed by atoms with Crippen molar-refractivity contribution in [2.24, 2.45) is 10.9 Å². The zero-order chi connectivity index (χ0) is 19.9. The van der Waals surface area contributed by atoms with Crippen LogP contribution in [0.1, 0.15) is 49.8 Å². The highest BCUT2D eigenvalue weighted by Crippen LogP contribution is 2.33. The third-order valence-electron chi connectivity index (χ3n) is 5.79. The summed E-state index contributed by atoms with van der Waals surface area (Å²) in [5.74, 6) is 1.45. The molecule has 1 aromatic carbocycles. The van der Waals surface area contributed by atoms with E-state index in [9.17, 15) is 4.79 Å². The van der Waals surface area contributed by atoms with Gasteiger partial charge in [-0.05, 0) is 31.7 Å². The summed E-state index contributed by atoms with van der Waals surface area (Å²) in [6.45, 7) is 7.26. The summed E-state index contributed by atoms with van der Waals surface area (Å²) in [5, 5.41) is 6.97. The van der Waals surface area contributed by atoms with Crippen molar-refractivity contribution in [2.75, 3.05) is 33.3 Å². The maximum atomic E-state index is 11.9. The van der Waals surface area contributed by atoms with Gasteiger partial charge in [0.25, 0.3) is 0 Å². The fourth-order valence-corrected chi connectivity index (χ4v) is 4.12. The first-order chi connectivity index (χ1) is 13.6. The summed E-state index contributed by atoms with van der Waals surface area (Å²) < 4.78 is 6.12. The van der Waals surface area contributed by atoms with Crippen LogP contribution in [0.15, 0.2) is 29.3 Å². The molecule has 2 aliphatic rings. The smallest absolute Gasteiger partial charge is 0.222 e. The number of nitrogens with one attached hydrogen (secondary N) is 2. The van der Waals surface area contributed by atoms with E-state index >= 15 is 0 Å². The molecule has 3 atom stereocenters. The second kappa shape index (κ2) is 11.7. The zero-order valence-corrected chi connectivity index (χ0v) is 20.1. The molecule has 0 aliphatic carbocycles. The first-order valence-electron chi connectivity index (χ1n) is 10.5. The van der Waals surface area contributed by atoms with Crippen molar-refractivity contribution >= 4 is 35.8 Å². The van der Waals surface area contributed by atoms with Crippen LogP contribution in [-0.2, 0) is 9.53 Å². The van der Waals surface area contributed by atoms with E-state index in [2.05, 4.69) is 46.8 Å². The zero-order valence-electron chi connectivity index (χ0n) is 17.8. The van der Waals surface area contributed by atoms with Crippen LogP contribution in [0.2, 0.25) is 0 Å². The lowest BCUT2D eigenvalue weighted by Crippen LogP contribution is -2.47. The third-order valence-corrected chi connectivity index (χ3v) is 5.79. The van der Waals surface area contributed by atoms with E-state index in [-0.39, 0.29) is 42.0 Å². The standard InChI is InChI=1S/C22H34N4O2.HI/c1-4-20(27)26-12-11-19(15-26)25-22(23-3)24-14-18-6-5-13-28-21(18)17-9-7-16(2)8-10-17;/h7-10,18-19,21H,4-6,11-15H2,1-3H3,(H2,23,24,25);1H. The van der Waals surface area contributed by atoms with Crippen LogP contribution in [-0.4, -0.2) is 56.1 Å². The lowest BCUT2D eigenvalue weighted by Gasteiger charge is -2.33. The number of ether oxygens (including phenoxy) is 1. The summed E-state index contributed by atoms with van der Waals surface area (Å²) in [6.07, 6.45) is 3.90. The fourth-order valence-electron chi connectivity index (χ4n) is 4.12. The number of guanidine groups is 1. The van der Waals surface area contributed by atoms with Gasteiger partial charge < -0.3 is 20.3 Å². The molecule has 2 N–H and O–H groups in total. The van der Waals surface area contributed by atoms with Gasteiger partial charge in [0, 0.05) is 51.7 Å². The van der Waals surface area contributed by atoms with E-state index < -0.39 is 0 Å². The molecule has 0 bridgehead atoms. The van der Waals surface area contributed by atoms with Gasteiger partial charge in [-0.25, -0.2) is 0 Å². The predicted molar refractivity (Wildman–Crippen MR) is 128 cm³/mol. The van der Waals surface area contributed by atoms with Crippen LogP contribution in [0.25, 0.3) is 0 Å². The monoisotopic (exact) mass is 514 g/mol. The number of carbonyl (C=O) groups excluding carboxylic acids is 1. The van der Waals surface area contributed by atoms with Crippen molar-refractivity contribution in [1.29, 1.82) is 0 Å². The van der Waals surface area contributed by atoms with Crippen LogP contribution >= 0.6 is 24.0 Å². The molecular weight excluding hydrogens is 479 g/mol. The van der Waals surface area contributed by atoms with Gasteiger partial charge in [0.15, 0.2) is 5.96 Å². The molecule has 162 valence electrons. The molecule has 2 heterocycles. The minimum absolute atomic E-state index is 0. The van der Waals surface area contributed by atoms with Crippen molar-refractivity contribution in [1.82, 2.24) is 15.5 Å². The number of nitrogens with zero attached hydrogens (tertiary/aromatic N) is 2. The first-order valence-corrected chi connectivity index (χ1v) is 10.5. The van der Waals surface area contributed by atoms with Gasteiger partial charge in [0.1, 0.15) is 0 Å². The molecule has 1 amide bonds. The minimum atomic E-state index is 0. The van der Waals surface area contributed by atoms with Gasteiger partial charge in [0.2, 0.25) is 5.91 Å². The number of benzene rings is 1. The summed E-state index contributed by atoms with van der Waals surface area (Å²) in [7, 11) is 1.80. The molecular formula is C22H35IN4O2. The molecule has 0 saturated carbocycles. The number of carbonyl (C=O) groups is 1. The fraction of sp³-hybridized carbons (Fsp3) is 0.636. The van der Waals surface area contributed by atoms with Crippen molar-refractivity contribution in [3.8, 4) is 0 Å². The topological polar surface area (TPSA) is 66.0 Å². The van der Waals surface area contributed by atoms with Gasteiger partial charge >= 0.3 is 0 Å². The Kier molecular flexibility index (Phi) is 9.68. The second-order valence-corrected chi connectivity index (χ2v) is 7.88. The van der Waals surface area contributed by atoms with Crippen LogP contribution in [0.4, 0.5) is 0 Å². The first kappa shape index (κ1) is 23.9. The molecule has 0 spiro atoms. The maximum Gasteiger partial charge on any atom is 0.222 e. The number of halogens is 1. The molecule has 7 heteroatoms. The summed E-state index contributed by atoms with van der Waals surface area (Å²) >= 11 is 0. The van der Waals surface area contributed by atoms with E-state index in [1.807, 2.05) is 11.8 Å².